The van der Waals surface area contributed by atoms with E-state index in [1.165, 1.54) is 5.56 Å². The van der Waals surface area contributed by atoms with Crippen LogP contribution in [0.1, 0.15) is 38.3 Å². The Morgan fingerprint density at radius 3 is 2.50 bits per heavy atom. The van der Waals surface area contributed by atoms with Gasteiger partial charge in [0, 0.05) is 16.6 Å². The molecular weight excluding hydrogens is 248 g/mol. The van der Waals surface area contributed by atoms with Crippen LogP contribution in [0.4, 0.5) is 0 Å². The highest BCUT2D eigenvalue weighted by molar-refractivity contribution is 6.30. The third-order valence-corrected chi connectivity index (χ3v) is 3.56. The van der Waals surface area contributed by atoms with Crippen LogP contribution in [0.3, 0.4) is 0 Å². The average Bonchev–Trinajstić information content (AvgIpc) is 3.13. The Morgan fingerprint density at radius 2 is 1.94 bits per heavy atom. The van der Waals surface area contributed by atoms with Crippen molar-refractivity contribution in [3.8, 4) is 0 Å². The van der Waals surface area contributed by atoms with Crippen LogP contribution in [0.5, 0.6) is 0 Å². The molecular formula is C14H20ClN2O+. The first-order valence-electron chi connectivity index (χ1n) is 6.47. The summed E-state index contributed by atoms with van der Waals surface area (Å²) < 4.78 is 0. The SMILES string of the molecule is C[C@H]([NH2+][C@H](C)c1ccc(Cl)cc1)C(=O)NC1CC1. The third kappa shape index (κ3) is 3.72. The maximum absolute atomic E-state index is 11.9. The molecule has 1 amide bonds. The topological polar surface area (TPSA) is 45.7 Å². The van der Waals surface area contributed by atoms with Gasteiger partial charge in [0.25, 0.3) is 5.91 Å². The molecule has 1 aromatic carbocycles. The standard InChI is InChI=1S/C14H19ClN2O/c1-9(11-3-5-12(15)6-4-11)16-10(2)14(18)17-13-7-8-13/h3-6,9-10,13,16H,7-8H2,1-2H3,(H,17,18)/p+1/t9-,10+/m1/s1. The van der Waals surface area contributed by atoms with Crippen LogP contribution in [0.25, 0.3) is 0 Å². The Kier molecular flexibility index (Phi) is 4.25. The van der Waals surface area contributed by atoms with Gasteiger partial charge in [0.1, 0.15) is 6.04 Å². The number of halogens is 1. The Balaban J connectivity index is 1.87. The summed E-state index contributed by atoms with van der Waals surface area (Å²) in [4.78, 5) is 11.9. The van der Waals surface area contributed by atoms with E-state index in [1.54, 1.807) is 0 Å². The number of quaternary nitrogens is 1. The molecule has 98 valence electrons. The molecule has 0 heterocycles. The van der Waals surface area contributed by atoms with E-state index < -0.39 is 0 Å². The second-order valence-corrected chi connectivity index (χ2v) is 5.54. The van der Waals surface area contributed by atoms with Crippen LogP contribution in [-0.2, 0) is 4.79 Å². The Bertz CT molecular complexity index is 414. The van der Waals surface area contributed by atoms with Gasteiger partial charge in [-0.05, 0) is 38.8 Å². The van der Waals surface area contributed by atoms with Crippen molar-refractivity contribution in [1.82, 2.24) is 5.32 Å². The summed E-state index contributed by atoms with van der Waals surface area (Å²) in [6, 6.07) is 8.41. The first kappa shape index (κ1) is 13.4. The maximum atomic E-state index is 11.9. The fourth-order valence-corrected chi connectivity index (χ4v) is 2.08. The fraction of sp³-hybridized carbons (Fsp3) is 0.500. The summed E-state index contributed by atoms with van der Waals surface area (Å²) >= 11 is 5.86. The van der Waals surface area contributed by atoms with Gasteiger partial charge in [0.15, 0.2) is 6.04 Å². The maximum Gasteiger partial charge on any atom is 0.278 e. The van der Waals surface area contributed by atoms with Crippen LogP contribution in [-0.4, -0.2) is 18.0 Å². The van der Waals surface area contributed by atoms with Crippen molar-refractivity contribution in [2.24, 2.45) is 0 Å². The summed E-state index contributed by atoms with van der Waals surface area (Å²) in [6.45, 7) is 4.05. The number of amides is 1. The minimum Gasteiger partial charge on any atom is -0.348 e. The van der Waals surface area contributed by atoms with Crippen molar-refractivity contribution in [1.29, 1.82) is 0 Å². The molecule has 4 heteroatoms. The molecule has 0 spiro atoms. The number of hydrogen-bond acceptors (Lipinski definition) is 1. The van der Waals surface area contributed by atoms with Gasteiger partial charge in [-0.2, -0.15) is 0 Å². The molecule has 1 aliphatic rings. The first-order valence-corrected chi connectivity index (χ1v) is 6.85. The number of nitrogens with one attached hydrogen (secondary N) is 1. The lowest BCUT2D eigenvalue weighted by Gasteiger charge is -2.16. The van der Waals surface area contributed by atoms with Gasteiger partial charge in [-0.25, -0.2) is 0 Å². The number of benzene rings is 1. The van der Waals surface area contributed by atoms with E-state index in [0.717, 1.165) is 17.9 Å². The van der Waals surface area contributed by atoms with E-state index in [2.05, 4.69) is 17.6 Å². The number of carbonyl (C=O) groups excluding carboxylic acids is 1. The summed E-state index contributed by atoms with van der Waals surface area (Å²) in [5.41, 5.74) is 1.19. The Labute approximate surface area is 113 Å². The van der Waals surface area contributed by atoms with Gasteiger partial charge in [-0.3, -0.25) is 4.79 Å². The lowest BCUT2D eigenvalue weighted by molar-refractivity contribution is -0.710. The highest BCUT2D eigenvalue weighted by atomic mass is 35.5. The predicted octanol–water partition coefficient (Wildman–Crippen LogP) is 1.63. The zero-order valence-corrected chi connectivity index (χ0v) is 11.6. The van der Waals surface area contributed by atoms with Crippen LogP contribution >= 0.6 is 11.6 Å². The first-order chi connectivity index (χ1) is 8.56. The van der Waals surface area contributed by atoms with Crippen molar-refractivity contribution < 1.29 is 10.1 Å². The molecule has 1 aromatic rings. The monoisotopic (exact) mass is 267 g/mol. The van der Waals surface area contributed by atoms with E-state index in [0.29, 0.717) is 6.04 Å². The molecule has 0 radical (unpaired) electrons. The van der Waals surface area contributed by atoms with E-state index in [-0.39, 0.29) is 18.0 Å². The molecule has 3 N–H and O–H groups in total. The molecule has 1 saturated carbocycles. The zero-order valence-electron chi connectivity index (χ0n) is 10.8. The summed E-state index contributed by atoms with van der Waals surface area (Å²) in [6.07, 6.45) is 2.26. The van der Waals surface area contributed by atoms with Crippen LogP contribution in [0.15, 0.2) is 24.3 Å². The van der Waals surface area contributed by atoms with Crippen molar-refractivity contribution in [3.05, 3.63) is 34.9 Å². The predicted molar refractivity (Wildman–Crippen MR) is 72.4 cm³/mol. The third-order valence-electron chi connectivity index (χ3n) is 3.31. The van der Waals surface area contributed by atoms with Crippen molar-refractivity contribution in [2.75, 3.05) is 0 Å². The van der Waals surface area contributed by atoms with E-state index in [4.69, 9.17) is 11.6 Å². The van der Waals surface area contributed by atoms with E-state index in [1.807, 2.05) is 31.2 Å². The van der Waals surface area contributed by atoms with Gasteiger partial charge in [0.05, 0.1) is 0 Å². The molecule has 3 nitrogen and oxygen atoms in total. The number of nitrogens with two attached hydrogens (primary N) is 1. The largest absolute Gasteiger partial charge is 0.348 e. The van der Waals surface area contributed by atoms with Gasteiger partial charge in [-0.1, -0.05) is 23.7 Å². The molecule has 1 aliphatic carbocycles. The molecule has 18 heavy (non-hydrogen) atoms. The Morgan fingerprint density at radius 1 is 1.33 bits per heavy atom. The molecule has 0 aromatic heterocycles. The van der Waals surface area contributed by atoms with Gasteiger partial charge >= 0.3 is 0 Å². The summed E-state index contributed by atoms with van der Waals surface area (Å²) in [5, 5.41) is 5.85. The molecule has 2 rings (SSSR count). The van der Waals surface area contributed by atoms with Crippen LogP contribution < -0.4 is 10.6 Å². The molecule has 0 unspecified atom stereocenters. The van der Waals surface area contributed by atoms with E-state index >= 15 is 0 Å². The normalized spacial score (nSPS) is 18.2. The van der Waals surface area contributed by atoms with Crippen molar-refractivity contribution in [2.45, 2.75) is 44.8 Å². The van der Waals surface area contributed by atoms with Crippen molar-refractivity contribution >= 4 is 17.5 Å². The highest BCUT2D eigenvalue weighted by Gasteiger charge is 2.27. The van der Waals surface area contributed by atoms with Gasteiger partial charge in [0.2, 0.25) is 0 Å². The van der Waals surface area contributed by atoms with Crippen LogP contribution in [0.2, 0.25) is 5.02 Å². The number of hydrogen-bond donors (Lipinski definition) is 2. The molecule has 1 fully saturated rings. The smallest absolute Gasteiger partial charge is 0.278 e. The lowest BCUT2D eigenvalue weighted by Crippen LogP contribution is -2.92. The zero-order chi connectivity index (χ0) is 13.1. The number of rotatable bonds is 5. The highest BCUT2D eigenvalue weighted by Crippen LogP contribution is 2.18. The van der Waals surface area contributed by atoms with E-state index in [9.17, 15) is 4.79 Å². The molecule has 0 bridgehead atoms. The van der Waals surface area contributed by atoms with Crippen molar-refractivity contribution in [3.63, 3.8) is 0 Å². The van der Waals surface area contributed by atoms with Gasteiger partial charge in [-0.15, -0.1) is 0 Å². The fourth-order valence-electron chi connectivity index (χ4n) is 1.96. The quantitative estimate of drug-likeness (QED) is 0.837. The summed E-state index contributed by atoms with van der Waals surface area (Å²) in [7, 11) is 0. The molecule has 2 atom stereocenters. The van der Waals surface area contributed by atoms with Crippen LogP contribution in [0, 0.1) is 0 Å². The van der Waals surface area contributed by atoms with Gasteiger partial charge < -0.3 is 10.6 Å². The second kappa shape index (κ2) is 5.72. The molecule has 0 aliphatic heterocycles. The second-order valence-electron chi connectivity index (χ2n) is 5.10. The summed E-state index contributed by atoms with van der Waals surface area (Å²) in [5.74, 6) is 0.137. The number of carbonyl (C=O) groups is 1. The Hall–Kier alpha value is -1.06. The lowest BCUT2D eigenvalue weighted by atomic mass is 10.1. The minimum absolute atomic E-state index is 0.0590. The average molecular weight is 268 g/mol. The minimum atomic E-state index is -0.0590. The molecule has 0 saturated heterocycles.